The Morgan fingerprint density at radius 1 is 1.26 bits per heavy atom. The lowest BCUT2D eigenvalue weighted by molar-refractivity contribution is 0.150. The molecule has 1 saturated heterocycles. The zero-order chi connectivity index (χ0) is 13.8. The Hall–Kier alpha value is -0.970. The summed E-state index contributed by atoms with van der Waals surface area (Å²) in [4.78, 5) is 4.77. The van der Waals surface area contributed by atoms with Crippen LogP contribution in [0.5, 0.6) is 0 Å². The van der Waals surface area contributed by atoms with E-state index in [0.717, 1.165) is 44.7 Å². The van der Waals surface area contributed by atoms with Crippen LogP contribution in [0.4, 0.5) is 4.39 Å². The molecule has 0 bridgehead atoms. The number of piperazine rings is 1. The van der Waals surface area contributed by atoms with Crippen molar-refractivity contribution >= 4 is 0 Å². The number of aryl methyl sites for hydroxylation is 1. The van der Waals surface area contributed by atoms with Crippen molar-refractivity contribution in [1.82, 2.24) is 9.80 Å². The summed E-state index contributed by atoms with van der Waals surface area (Å²) in [7, 11) is 2.15. The highest BCUT2D eigenvalue weighted by Crippen LogP contribution is 2.18. The molecule has 1 aliphatic rings. The molecule has 1 aliphatic heterocycles. The van der Waals surface area contributed by atoms with Crippen molar-refractivity contribution in [3.05, 3.63) is 35.1 Å². The lowest BCUT2D eigenvalue weighted by Crippen LogP contribution is -2.45. The van der Waals surface area contributed by atoms with Crippen molar-refractivity contribution in [3.63, 3.8) is 0 Å². The van der Waals surface area contributed by atoms with Crippen LogP contribution in [0.25, 0.3) is 0 Å². The predicted octanol–water partition coefficient (Wildman–Crippen LogP) is 1.77. The molecule has 0 spiro atoms. The lowest BCUT2D eigenvalue weighted by Gasteiger charge is -2.32. The maximum atomic E-state index is 13.5. The van der Waals surface area contributed by atoms with E-state index in [4.69, 9.17) is 5.73 Å². The van der Waals surface area contributed by atoms with Crippen LogP contribution < -0.4 is 5.73 Å². The number of nitrogens with two attached hydrogens (primary N) is 1. The van der Waals surface area contributed by atoms with Crippen LogP contribution in [0.2, 0.25) is 0 Å². The molecule has 2 rings (SSSR count). The van der Waals surface area contributed by atoms with E-state index in [1.165, 1.54) is 0 Å². The van der Waals surface area contributed by atoms with E-state index in [1.807, 2.05) is 6.07 Å². The number of likely N-dealkylation sites (N-methyl/N-ethyl adjacent to an activating group) is 1. The molecule has 0 amide bonds. The Bertz CT molecular complexity index is 414. The summed E-state index contributed by atoms with van der Waals surface area (Å²) in [5.41, 5.74) is 7.73. The Kier molecular flexibility index (Phi) is 4.91. The first-order valence-electron chi connectivity index (χ1n) is 6.99. The van der Waals surface area contributed by atoms with E-state index >= 15 is 0 Å². The molecule has 0 aromatic heterocycles. The first-order valence-corrected chi connectivity index (χ1v) is 6.99. The lowest BCUT2D eigenvalue weighted by atomic mass is 10.0. The van der Waals surface area contributed by atoms with Gasteiger partial charge in [-0.15, -0.1) is 0 Å². The van der Waals surface area contributed by atoms with Gasteiger partial charge in [0.05, 0.1) is 0 Å². The molecule has 19 heavy (non-hydrogen) atoms. The largest absolute Gasteiger partial charge is 0.324 e. The van der Waals surface area contributed by atoms with Gasteiger partial charge in [0.1, 0.15) is 5.82 Å². The maximum absolute atomic E-state index is 13.5. The second-order valence-electron chi connectivity index (χ2n) is 5.55. The fourth-order valence-corrected chi connectivity index (χ4v) is 2.40. The van der Waals surface area contributed by atoms with Crippen molar-refractivity contribution in [3.8, 4) is 0 Å². The third-order valence-corrected chi connectivity index (χ3v) is 3.98. The normalized spacial score (nSPS) is 19.6. The molecule has 1 fully saturated rings. The van der Waals surface area contributed by atoms with Gasteiger partial charge in [0.15, 0.2) is 0 Å². The summed E-state index contributed by atoms with van der Waals surface area (Å²) < 4.78 is 13.5. The molecule has 3 nitrogen and oxygen atoms in total. The van der Waals surface area contributed by atoms with Crippen molar-refractivity contribution in [1.29, 1.82) is 0 Å². The molecule has 1 unspecified atom stereocenters. The predicted molar refractivity (Wildman–Crippen MR) is 76.6 cm³/mol. The Morgan fingerprint density at radius 2 is 1.95 bits per heavy atom. The maximum Gasteiger partial charge on any atom is 0.126 e. The minimum atomic E-state index is -0.160. The highest BCUT2D eigenvalue weighted by molar-refractivity contribution is 5.25. The zero-order valence-corrected chi connectivity index (χ0v) is 11.9. The van der Waals surface area contributed by atoms with Gasteiger partial charge in [-0.05, 0) is 37.6 Å². The molecule has 0 aliphatic carbocycles. The van der Waals surface area contributed by atoms with Crippen molar-refractivity contribution in [2.45, 2.75) is 19.4 Å². The third kappa shape index (κ3) is 4.00. The molecule has 2 N–H and O–H groups in total. The van der Waals surface area contributed by atoms with Gasteiger partial charge in [-0.3, -0.25) is 0 Å². The fourth-order valence-electron chi connectivity index (χ4n) is 2.40. The zero-order valence-electron chi connectivity index (χ0n) is 11.9. The van der Waals surface area contributed by atoms with Gasteiger partial charge in [-0.25, -0.2) is 4.39 Å². The third-order valence-electron chi connectivity index (χ3n) is 3.98. The molecule has 106 valence electrons. The smallest absolute Gasteiger partial charge is 0.126 e. The second kappa shape index (κ2) is 6.46. The number of hydrogen-bond donors (Lipinski definition) is 1. The van der Waals surface area contributed by atoms with Crippen molar-refractivity contribution in [2.75, 3.05) is 39.8 Å². The summed E-state index contributed by atoms with van der Waals surface area (Å²) in [6, 6.07) is 5.24. The summed E-state index contributed by atoms with van der Waals surface area (Å²) in [6.45, 7) is 7.21. The quantitative estimate of drug-likeness (QED) is 0.900. The molecular weight excluding hydrogens is 241 g/mol. The average Bonchev–Trinajstić information content (AvgIpc) is 2.41. The fraction of sp³-hybridized carbons (Fsp3) is 0.600. The van der Waals surface area contributed by atoms with E-state index in [-0.39, 0.29) is 11.9 Å². The topological polar surface area (TPSA) is 32.5 Å². The van der Waals surface area contributed by atoms with Gasteiger partial charge in [0.25, 0.3) is 0 Å². The number of benzene rings is 1. The first-order chi connectivity index (χ1) is 9.06. The van der Waals surface area contributed by atoms with E-state index in [0.29, 0.717) is 5.56 Å². The summed E-state index contributed by atoms with van der Waals surface area (Å²) in [6.07, 6.45) is 0.881. The van der Waals surface area contributed by atoms with E-state index < -0.39 is 0 Å². The highest BCUT2D eigenvalue weighted by atomic mass is 19.1. The number of halogens is 1. The van der Waals surface area contributed by atoms with Crippen LogP contribution in [0.1, 0.15) is 23.6 Å². The van der Waals surface area contributed by atoms with Crippen LogP contribution in [0, 0.1) is 12.7 Å². The standard InChI is InChI=1S/C15H24FN3/c1-12-3-4-13(11-14(12)16)15(17)5-6-19-9-7-18(2)8-10-19/h3-4,11,15H,5-10,17H2,1-2H3. The molecule has 1 aromatic rings. The first kappa shape index (κ1) is 14.4. The molecule has 1 atom stereocenters. The van der Waals surface area contributed by atoms with E-state index in [9.17, 15) is 4.39 Å². The molecule has 4 heteroatoms. The van der Waals surface area contributed by atoms with Crippen LogP contribution in [0.3, 0.4) is 0 Å². The van der Waals surface area contributed by atoms with Gasteiger partial charge >= 0.3 is 0 Å². The summed E-state index contributed by atoms with van der Waals surface area (Å²) in [5.74, 6) is -0.160. The average molecular weight is 265 g/mol. The minimum Gasteiger partial charge on any atom is -0.324 e. The van der Waals surface area contributed by atoms with Gasteiger partial charge in [-0.2, -0.15) is 0 Å². The minimum absolute atomic E-state index is 0.0743. The SMILES string of the molecule is Cc1ccc(C(N)CCN2CCN(C)CC2)cc1F. The van der Waals surface area contributed by atoms with E-state index in [1.54, 1.807) is 19.1 Å². The summed E-state index contributed by atoms with van der Waals surface area (Å²) >= 11 is 0. The molecule has 0 saturated carbocycles. The van der Waals surface area contributed by atoms with Crippen LogP contribution in [-0.2, 0) is 0 Å². The van der Waals surface area contributed by atoms with Crippen molar-refractivity contribution < 1.29 is 4.39 Å². The molecule has 1 aromatic carbocycles. The number of hydrogen-bond acceptors (Lipinski definition) is 3. The van der Waals surface area contributed by atoms with Gasteiger partial charge in [0.2, 0.25) is 0 Å². The highest BCUT2D eigenvalue weighted by Gasteiger charge is 2.15. The Balaban J connectivity index is 1.83. The molecule has 0 radical (unpaired) electrons. The number of rotatable bonds is 4. The summed E-state index contributed by atoms with van der Waals surface area (Å²) in [5, 5.41) is 0. The van der Waals surface area contributed by atoms with Gasteiger partial charge in [0, 0.05) is 38.8 Å². The van der Waals surface area contributed by atoms with Gasteiger partial charge < -0.3 is 15.5 Å². The monoisotopic (exact) mass is 265 g/mol. The van der Waals surface area contributed by atoms with Crippen LogP contribution in [-0.4, -0.2) is 49.6 Å². The van der Waals surface area contributed by atoms with Gasteiger partial charge in [-0.1, -0.05) is 12.1 Å². The second-order valence-corrected chi connectivity index (χ2v) is 5.55. The van der Waals surface area contributed by atoms with E-state index in [2.05, 4.69) is 16.8 Å². The Morgan fingerprint density at radius 3 is 2.58 bits per heavy atom. The molecular formula is C15H24FN3. The van der Waals surface area contributed by atoms with Crippen molar-refractivity contribution in [2.24, 2.45) is 5.73 Å². The Labute approximate surface area is 115 Å². The number of nitrogens with zero attached hydrogens (tertiary/aromatic N) is 2. The van der Waals surface area contributed by atoms with Crippen LogP contribution >= 0.6 is 0 Å². The van der Waals surface area contributed by atoms with Crippen LogP contribution in [0.15, 0.2) is 18.2 Å². The molecule has 1 heterocycles.